The summed E-state index contributed by atoms with van der Waals surface area (Å²) in [6, 6.07) is 0. The Morgan fingerprint density at radius 3 is 2.08 bits per heavy atom. The van der Waals surface area contributed by atoms with E-state index in [4.69, 9.17) is 0 Å². The Morgan fingerprint density at radius 2 is 1.67 bits per heavy atom. The molecule has 0 amide bonds. The highest BCUT2D eigenvalue weighted by Gasteiger charge is 2.37. The zero-order valence-corrected chi connectivity index (χ0v) is 11.5. The Kier molecular flexibility index (Phi) is 7.23. The van der Waals surface area contributed by atoms with Crippen molar-refractivity contribution in [3.63, 3.8) is 0 Å². The summed E-state index contributed by atoms with van der Waals surface area (Å²) < 4.78 is 0. The highest BCUT2D eigenvalue weighted by atomic mass is 127. The molecule has 0 unspecified atom stereocenters. The number of unbranched alkanes of at least 4 members (excludes halogenated alkanes) is 1. The monoisotopic (exact) mass is 300 g/mol. The van der Waals surface area contributed by atoms with Gasteiger partial charge >= 0.3 is 0 Å². The second-order valence-electron chi connectivity index (χ2n) is 3.89. The lowest BCUT2D eigenvalue weighted by Gasteiger charge is -2.19. The molecule has 1 heterocycles. The Hall–Kier alpha value is 1.16. The molecule has 1 aliphatic rings. The van der Waals surface area contributed by atoms with Crippen molar-refractivity contribution in [2.45, 2.75) is 39.5 Å². The van der Waals surface area contributed by atoms with Crippen molar-refractivity contribution >= 4 is 7.26 Å². The lowest BCUT2D eigenvalue weighted by atomic mass is 10.4. The van der Waals surface area contributed by atoms with Crippen LogP contribution in [0.25, 0.3) is 0 Å². The Bertz CT molecular complexity index is 108. The van der Waals surface area contributed by atoms with E-state index < -0.39 is 0 Å². The van der Waals surface area contributed by atoms with Crippen molar-refractivity contribution in [3.05, 3.63) is 0 Å². The van der Waals surface area contributed by atoms with E-state index in [0.717, 1.165) is 0 Å². The van der Waals surface area contributed by atoms with Crippen LogP contribution in [-0.2, 0) is 0 Å². The van der Waals surface area contributed by atoms with E-state index >= 15 is 0 Å². The van der Waals surface area contributed by atoms with Gasteiger partial charge in [0.2, 0.25) is 0 Å². The molecule has 1 fully saturated rings. The molecule has 0 aliphatic carbocycles. The Morgan fingerprint density at radius 1 is 1.08 bits per heavy atom. The van der Waals surface area contributed by atoms with Gasteiger partial charge in [-0.1, -0.05) is 13.3 Å². The molecule has 74 valence electrons. The lowest BCUT2D eigenvalue weighted by molar-refractivity contribution is -0.00000254. The van der Waals surface area contributed by atoms with Gasteiger partial charge in [0.25, 0.3) is 0 Å². The number of hydrogen-bond donors (Lipinski definition) is 0. The summed E-state index contributed by atoms with van der Waals surface area (Å²) in [5, 5.41) is 0. The van der Waals surface area contributed by atoms with Gasteiger partial charge in [0.05, 0.1) is 24.6 Å². The average molecular weight is 300 g/mol. The van der Waals surface area contributed by atoms with Gasteiger partial charge in [-0.15, -0.1) is 0 Å². The summed E-state index contributed by atoms with van der Waals surface area (Å²) in [5.74, 6) is 0. The Labute approximate surface area is 95.2 Å². The van der Waals surface area contributed by atoms with Crippen molar-refractivity contribution in [3.8, 4) is 0 Å². The van der Waals surface area contributed by atoms with Gasteiger partial charge in [0, 0.05) is 7.26 Å². The molecule has 0 saturated carbocycles. The first-order valence-electron chi connectivity index (χ1n) is 5.18. The van der Waals surface area contributed by atoms with Gasteiger partial charge in [-0.2, -0.15) is 0 Å². The molecule has 0 aromatic carbocycles. The molecule has 0 aromatic heterocycles. The predicted octanol–water partition coefficient (Wildman–Crippen LogP) is 0.622. The topological polar surface area (TPSA) is 0 Å². The van der Waals surface area contributed by atoms with Crippen LogP contribution in [0.2, 0.25) is 0 Å². The smallest absolute Gasteiger partial charge is 0.0595 e. The number of rotatable bonds is 4. The van der Waals surface area contributed by atoms with E-state index in [1.54, 1.807) is 31.3 Å². The van der Waals surface area contributed by atoms with Crippen LogP contribution in [0.4, 0.5) is 0 Å². The largest absolute Gasteiger partial charge is 1.00 e. The third-order valence-electron chi connectivity index (χ3n) is 3.17. The molecule has 0 atom stereocenters. The average Bonchev–Trinajstić information content (AvgIpc) is 2.50. The maximum Gasteiger partial charge on any atom is 0.0595 e. The van der Waals surface area contributed by atoms with Crippen LogP contribution in [-0.4, -0.2) is 24.6 Å². The molecule has 1 aliphatic heterocycles. The number of hydrogen-bond acceptors (Lipinski definition) is 0. The quantitative estimate of drug-likeness (QED) is 0.527. The van der Waals surface area contributed by atoms with Gasteiger partial charge in [0.15, 0.2) is 0 Å². The highest BCUT2D eigenvalue weighted by molar-refractivity contribution is 7.76. The van der Waals surface area contributed by atoms with Crippen LogP contribution in [0.5, 0.6) is 0 Å². The van der Waals surface area contributed by atoms with E-state index in [1.165, 1.54) is 19.0 Å². The van der Waals surface area contributed by atoms with Crippen molar-refractivity contribution in [1.29, 1.82) is 0 Å². The van der Waals surface area contributed by atoms with E-state index in [-0.39, 0.29) is 31.2 Å². The van der Waals surface area contributed by atoms with E-state index in [9.17, 15) is 0 Å². The van der Waals surface area contributed by atoms with Crippen LogP contribution in [0.3, 0.4) is 0 Å². The summed E-state index contributed by atoms with van der Waals surface area (Å²) >= 11 is 0. The molecule has 1 rings (SSSR count). The van der Waals surface area contributed by atoms with Gasteiger partial charge in [-0.25, -0.2) is 0 Å². The van der Waals surface area contributed by atoms with Crippen LogP contribution in [0.15, 0.2) is 0 Å². The van der Waals surface area contributed by atoms with Crippen LogP contribution in [0.1, 0.15) is 39.5 Å². The first-order valence-corrected chi connectivity index (χ1v) is 7.71. The van der Waals surface area contributed by atoms with Crippen molar-refractivity contribution in [2.75, 3.05) is 24.6 Å². The minimum atomic E-state index is -0.344. The van der Waals surface area contributed by atoms with Crippen molar-refractivity contribution in [1.82, 2.24) is 0 Å². The molecule has 0 aromatic rings. The lowest BCUT2D eigenvalue weighted by Crippen LogP contribution is -3.00. The maximum absolute atomic E-state index is 2.43. The fourth-order valence-electron chi connectivity index (χ4n) is 2.20. The molecular weight excluding hydrogens is 278 g/mol. The van der Waals surface area contributed by atoms with E-state index in [2.05, 4.69) is 13.8 Å². The molecule has 0 N–H and O–H groups in total. The zero-order chi connectivity index (χ0) is 8.16. The minimum absolute atomic E-state index is 0. The third kappa shape index (κ3) is 3.49. The second-order valence-corrected chi connectivity index (χ2v) is 8.55. The summed E-state index contributed by atoms with van der Waals surface area (Å²) in [7, 11) is -0.344. The minimum Gasteiger partial charge on any atom is -1.00 e. The standard InChI is InChI=1S/C10H22P.HI/c1-3-5-8-11(4-2)9-6-7-10-11;/h3-10H2,1-2H3;1H/q+1;/p-1. The van der Waals surface area contributed by atoms with Crippen LogP contribution >= 0.6 is 7.26 Å². The SMILES string of the molecule is CCCC[P+]1(CC)CCCC1.[I-]. The first kappa shape index (κ1) is 13.2. The Balaban J connectivity index is 0.00000121. The van der Waals surface area contributed by atoms with Crippen molar-refractivity contribution < 1.29 is 24.0 Å². The molecule has 1 saturated heterocycles. The van der Waals surface area contributed by atoms with Gasteiger partial charge in [-0.3, -0.25) is 0 Å². The summed E-state index contributed by atoms with van der Waals surface area (Å²) in [5.41, 5.74) is 0. The second kappa shape index (κ2) is 6.59. The predicted molar refractivity (Wildman–Crippen MR) is 56.2 cm³/mol. The maximum atomic E-state index is 2.43. The molecule has 0 bridgehead atoms. The van der Waals surface area contributed by atoms with Crippen molar-refractivity contribution in [2.24, 2.45) is 0 Å². The molecule has 0 spiro atoms. The summed E-state index contributed by atoms with van der Waals surface area (Å²) in [4.78, 5) is 0. The summed E-state index contributed by atoms with van der Waals surface area (Å²) in [6.07, 6.45) is 12.4. The molecule has 0 radical (unpaired) electrons. The van der Waals surface area contributed by atoms with Gasteiger partial charge in [-0.05, 0) is 26.2 Å². The van der Waals surface area contributed by atoms with E-state index in [1.807, 2.05) is 0 Å². The third-order valence-corrected chi connectivity index (χ3v) is 8.31. The van der Waals surface area contributed by atoms with Gasteiger partial charge in [0.1, 0.15) is 0 Å². The zero-order valence-electron chi connectivity index (χ0n) is 8.48. The van der Waals surface area contributed by atoms with Crippen LogP contribution < -0.4 is 24.0 Å². The molecule has 12 heavy (non-hydrogen) atoms. The normalized spacial score (nSPS) is 20.5. The fourth-order valence-corrected chi connectivity index (χ4v) is 6.59. The fraction of sp³-hybridized carbons (Fsp3) is 1.00. The molecule has 0 nitrogen and oxygen atoms in total. The summed E-state index contributed by atoms with van der Waals surface area (Å²) in [6.45, 7) is 4.75. The first-order chi connectivity index (χ1) is 5.33. The molecular formula is C10H22IP. The van der Waals surface area contributed by atoms with Crippen LogP contribution in [0, 0.1) is 0 Å². The van der Waals surface area contributed by atoms with Gasteiger partial charge < -0.3 is 24.0 Å². The molecule has 2 heteroatoms. The number of halogens is 1. The van der Waals surface area contributed by atoms with E-state index in [0.29, 0.717) is 0 Å². The highest BCUT2D eigenvalue weighted by Crippen LogP contribution is 2.63.